The maximum atomic E-state index is 5.97. The van der Waals surface area contributed by atoms with Gasteiger partial charge in [-0.05, 0) is 11.6 Å². The number of hydrogen-bond acceptors (Lipinski definition) is 3. The Balaban J connectivity index is 2.49. The number of rotatable bonds is 1. The molecule has 0 bridgehead atoms. The molecule has 1 atom stereocenters. The number of nitrogens with zero attached hydrogens (tertiary/aromatic N) is 1. The van der Waals surface area contributed by atoms with Crippen LogP contribution < -0.4 is 10.6 Å². The van der Waals surface area contributed by atoms with Gasteiger partial charge in [-0.2, -0.15) is 0 Å². The van der Waals surface area contributed by atoms with Crippen LogP contribution >= 0.6 is 0 Å². The topological polar surface area (TPSA) is 38.5 Å². The van der Waals surface area contributed by atoms with Crippen LogP contribution in [0.5, 0.6) is 0 Å². The molecular weight excluding hydrogens is 176 g/mol. The van der Waals surface area contributed by atoms with E-state index in [1.54, 1.807) is 0 Å². The minimum absolute atomic E-state index is 0.0265. The highest BCUT2D eigenvalue weighted by atomic mass is 16.5. The fourth-order valence-corrected chi connectivity index (χ4v) is 1.89. The summed E-state index contributed by atoms with van der Waals surface area (Å²) in [5, 5.41) is 0. The van der Waals surface area contributed by atoms with E-state index in [1.807, 2.05) is 14.1 Å². The molecule has 1 aliphatic heterocycles. The predicted octanol–water partition coefficient (Wildman–Crippen LogP) is 1.28. The Morgan fingerprint density at radius 1 is 1.43 bits per heavy atom. The average Bonchev–Trinajstić information content (AvgIpc) is 2.17. The van der Waals surface area contributed by atoms with Crippen molar-refractivity contribution < 1.29 is 4.74 Å². The Bertz CT molecular complexity index is 322. The minimum atomic E-state index is 0.0265. The molecule has 0 unspecified atom stereocenters. The summed E-state index contributed by atoms with van der Waals surface area (Å²) >= 11 is 0. The summed E-state index contributed by atoms with van der Waals surface area (Å²) in [6.07, 6.45) is 0. The second kappa shape index (κ2) is 3.59. The van der Waals surface area contributed by atoms with E-state index in [1.165, 1.54) is 16.8 Å². The van der Waals surface area contributed by atoms with Crippen LogP contribution in [0.4, 0.5) is 5.69 Å². The van der Waals surface area contributed by atoms with Gasteiger partial charge in [0.15, 0.2) is 0 Å². The van der Waals surface area contributed by atoms with Gasteiger partial charge in [-0.25, -0.2) is 0 Å². The molecule has 0 radical (unpaired) electrons. The van der Waals surface area contributed by atoms with Crippen molar-refractivity contribution in [3.8, 4) is 0 Å². The number of nitrogens with two attached hydrogens (primary N) is 1. The Kier molecular flexibility index (Phi) is 2.44. The molecule has 0 spiro atoms. The quantitative estimate of drug-likeness (QED) is 0.728. The fraction of sp³-hybridized carbons (Fsp3) is 0.455. The molecule has 0 amide bonds. The predicted molar refractivity (Wildman–Crippen MR) is 57.4 cm³/mol. The van der Waals surface area contributed by atoms with E-state index in [9.17, 15) is 0 Å². The molecule has 0 saturated carbocycles. The monoisotopic (exact) mass is 192 g/mol. The van der Waals surface area contributed by atoms with Gasteiger partial charge in [-0.3, -0.25) is 0 Å². The standard InChI is InChI=1S/C11H16N2O/c1-13(2)11-5-3-4-8-9(11)6-14-7-10(8)12/h3-5,10H,6-7,12H2,1-2H3/t10-/m0/s1. The highest BCUT2D eigenvalue weighted by Crippen LogP contribution is 2.30. The van der Waals surface area contributed by atoms with Gasteiger partial charge in [0.1, 0.15) is 0 Å². The molecular formula is C11H16N2O. The maximum Gasteiger partial charge on any atom is 0.0741 e. The largest absolute Gasteiger partial charge is 0.377 e. The Labute approximate surface area is 84.5 Å². The highest BCUT2D eigenvalue weighted by Gasteiger charge is 2.19. The first-order chi connectivity index (χ1) is 6.70. The van der Waals surface area contributed by atoms with Gasteiger partial charge in [-0.1, -0.05) is 12.1 Å². The molecule has 1 aromatic rings. The third-order valence-electron chi connectivity index (χ3n) is 2.61. The maximum absolute atomic E-state index is 5.97. The van der Waals surface area contributed by atoms with E-state index in [2.05, 4.69) is 23.1 Å². The van der Waals surface area contributed by atoms with Crippen LogP contribution in [0.3, 0.4) is 0 Å². The Morgan fingerprint density at radius 2 is 2.21 bits per heavy atom. The first kappa shape index (κ1) is 9.49. The van der Waals surface area contributed by atoms with Crippen LogP contribution in [0.2, 0.25) is 0 Å². The first-order valence-electron chi connectivity index (χ1n) is 4.82. The summed E-state index contributed by atoms with van der Waals surface area (Å²) in [7, 11) is 4.07. The van der Waals surface area contributed by atoms with E-state index in [4.69, 9.17) is 10.5 Å². The Morgan fingerprint density at radius 3 is 2.93 bits per heavy atom. The van der Waals surface area contributed by atoms with Gasteiger partial charge in [0.05, 0.1) is 19.3 Å². The smallest absolute Gasteiger partial charge is 0.0741 e. The summed E-state index contributed by atoms with van der Waals surface area (Å²) in [4.78, 5) is 2.10. The molecule has 14 heavy (non-hydrogen) atoms. The summed E-state index contributed by atoms with van der Waals surface area (Å²) < 4.78 is 5.45. The SMILES string of the molecule is CN(C)c1cccc2c1COC[C@@H]2N. The lowest BCUT2D eigenvalue weighted by Crippen LogP contribution is -2.25. The fourth-order valence-electron chi connectivity index (χ4n) is 1.89. The lowest BCUT2D eigenvalue weighted by atomic mass is 9.98. The van der Waals surface area contributed by atoms with Crippen molar-refractivity contribution >= 4 is 5.69 Å². The van der Waals surface area contributed by atoms with Crippen molar-refractivity contribution in [1.82, 2.24) is 0 Å². The number of anilines is 1. The third kappa shape index (κ3) is 1.49. The van der Waals surface area contributed by atoms with Crippen molar-refractivity contribution in [2.24, 2.45) is 5.73 Å². The van der Waals surface area contributed by atoms with Gasteiger partial charge < -0.3 is 15.4 Å². The van der Waals surface area contributed by atoms with Crippen LogP contribution in [0.15, 0.2) is 18.2 Å². The van der Waals surface area contributed by atoms with Crippen LogP contribution in [0.1, 0.15) is 17.2 Å². The zero-order chi connectivity index (χ0) is 10.1. The molecule has 1 aromatic carbocycles. The molecule has 3 heteroatoms. The second-order valence-corrected chi connectivity index (χ2v) is 3.86. The molecule has 1 heterocycles. The number of ether oxygens (including phenoxy) is 1. The molecule has 0 fully saturated rings. The van der Waals surface area contributed by atoms with E-state index in [0.29, 0.717) is 13.2 Å². The van der Waals surface area contributed by atoms with Crippen LogP contribution in [0, 0.1) is 0 Å². The number of fused-ring (bicyclic) bond motifs is 1. The van der Waals surface area contributed by atoms with Crippen molar-refractivity contribution in [1.29, 1.82) is 0 Å². The van der Waals surface area contributed by atoms with Gasteiger partial charge in [-0.15, -0.1) is 0 Å². The first-order valence-corrected chi connectivity index (χ1v) is 4.82. The van der Waals surface area contributed by atoms with E-state index < -0.39 is 0 Å². The summed E-state index contributed by atoms with van der Waals surface area (Å²) in [6, 6.07) is 6.27. The van der Waals surface area contributed by atoms with Crippen molar-refractivity contribution in [3.05, 3.63) is 29.3 Å². The van der Waals surface area contributed by atoms with Gasteiger partial charge in [0, 0.05) is 25.3 Å². The normalized spacial score (nSPS) is 20.4. The second-order valence-electron chi connectivity index (χ2n) is 3.86. The molecule has 3 nitrogen and oxygen atoms in total. The van der Waals surface area contributed by atoms with E-state index >= 15 is 0 Å². The van der Waals surface area contributed by atoms with Crippen LogP contribution in [-0.2, 0) is 11.3 Å². The van der Waals surface area contributed by atoms with E-state index in [0.717, 1.165) is 0 Å². The van der Waals surface area contributed by atoms with Gasteiger partial charge >= 0.3 is 0 Å². The van der Waals surface area contributed by atoms with E-state index in [-0.39, 0.29) is 6.04 Å². The summed E-state index contributed by atoms with van der Waals surface area (Å²) in [5.41, 5.74) is 9.64. The van der Waals surface area contributed by atoms with Crippen LogP contribution in [-0.4, -0.2) is 20.7 Å². The molecule has 2 rings (SSSR count). The zero-order valence-corrected chi connectivity index (χ0v) is 8.66. The molecule has 76 valence electrons. The lowest BCUT2D eigenvalue weighted by Gasteiger charge is -2.27. The van der Waals surface area contributed by atoms with Crippen molar-refractivity contribution in [2.45, 2.75) is 12.6 Å². The van der Waals surface area contributed by atoms with Crippen LogP contribution in [0.25, 0.3) is 0 Å². The third-order valence-corrected chi connectivity index (χ3v) is 2.61. The minimum Gasteiger partial charge on any atom is -0.377 e. The molecule has 0 saturated heterocycles. The average molecular weight is 192 g/mol. The summed E-state index contributed by atoms with van der Waals surface area (Å²) in [6.45, 7) is 1.31. The van der Waals surface area contributed by atoms with Crippen molar-refractivity contribution in [3.63, 3.8) is 0 Å². The number of hydrogen-bond donors (Lipinski definition) is 1. The Hall–Kier alpha value is -1.06. The lowest BCUT2D eigenvalue weighted by molar-refractivity contribution is 0.0927. The van der Waals surface area contributed by atoms with Gasteiger partial charge in [0.2, 0.25) is 0 Å². The summed E-state index contributed by atoms with van der Waals surface area (Å²) in [5.74, 6) is 0. The number of benzene rings is 1. The molecule has 1 aliphatic rings. The van der Waals surface area contributed by atoms with Gasteiger partial charge in [0.25, 0.3) is 0 Å². The molecule has 0 aliphatic carbocycles. The highest BCUT2D eigenvalue weighted by molar-refractivity contribution is 5.56. The molecule has 0 aromatic heterocycles. The molecule has 2 N–H and O–H groups in total. The van der Waals surface area contributed by atoms with Crippen molar-refractivity contribution in [2.75, 3.05) is 25.6 Å². The zero-order valence-electron chi connectivity index (χ0n) is 8.66.